The topological polar surface area (TPSA) is 492 Å². The Balaban J connectivity index is 3.17. The highest BCUT2D eigenvalue weighted by Gasteiger charge is 2.21. The number of carboxylic acid groups (broad SMARTS) is 1. The first kappa shape index (κ1) is 138. The Morgan fingerprint density at radius 2 is 0.338 bits per heavy atom. The van der Waals surface area contributed by atoms with Crippen molar-refractivity contribution in [2.45, 2.75) is 109 Å². The van der Waals surface area contributed by atoms with E-state index in [1.807, 2.05) is 0 Å². The van der Waals surface area contributed by atoms with Crippen LogP contribution in [0.25, 0.3) is 0 Å². The van der Waals surface area contributed by atoms with Crippen molar-refractivity contribution in [3.63, 3.8) is 0 Å². The number of nitrogens with two attached hydrogens (primary N) is 1. The summed E-state index contributed by atoms with van der Waals surface area (Å²) in [6, 6.07) is -1.17. The van der Waals surface area contributed by atoms with Gasteiger partial charge in [-0.3, -0.25) is 14.4 Å². The van der Waals surface area contributed by atoms with E-state index in [9.17, 15) is 24.3 Å². The molecular weight excluding hydrogens is 1880 g/mol. The average molecular weight is 2070 g/mol. The van der Waals surface area contributed by atoms with Gasteiger partial charge in [-0.1, -0.05) is 71.1 Å². The molecule has 46 heteroatoms. The van der Waals surface area contributed by atoms with Crippen LogP contribution in [-0.4, -0.2) is 530 Å². The lowest BCUT2D eigenvalue weighted by atomic mass is 10.1. The van der Waals surface area contributed by atoms with E-state index in [-0.39, 0.29) is 50.1 Å². The van der Waals surface area contributed by atoms with Gasteiger partial charge in [-0.2, -0.15) is 0 Å². The summed E-state index contributed by atoms with van der Waals surface area (Å²) in [4.78, 5) is 52.1. The van der Waals surface area contributed by atoms with Gasteiger partial charge < -0.3 is 196 Å². The maximum absolute atomic E-state index is 12.3. The molecule has 0 rings (SSSR count). The maximum atomic E-state index is 12.3. The molecule has 1 atom stereocenters. The van der Waals surface area contributed by atoms with Crippen molar-refractivity contribution in [3.8, 4) is 0 Å². The first-order chi connectivity index (χ1) is 70.4. The summed E-state index contributed by atoms with van der Waals surface area (Å²) in [5.74, 6) is 2.99. The number of carbonyl (C=O) groups excluding carboxylic acids is 3. The predicted octanol–water partition coefficient (Wildman–Crippen LogP) is 3.15. The number of unbranched alkanes of at least 4 members (excludes halogenated alkanes) is 10. The Bertz CT molecular complexity index is 2380. The second kappa shape index (κ2) is 128. The Kier molecular flexibility index (Phi) is 125. The number of carboxylic acids is 1. The van der Waals surface area contributed by atoms with Crippen molar-refractivity contribution < 1.29 is 200 Å². The molecular formula is C96H190N4O42. The minimum absolute atomic E-state index is 0.117. The molecule has 0 saturated heterocycles. The summed E-state index contributed by atoms with van der Waals surface area (Å²) in [5, 5.41) is 17.3. The van der Waals surface area contributed by atoms with Crippen LogP contribution in [0.2, 0.25) is 0 Å². The number of hydrogen-bond acceptors (Lipinski definition) is 42. The molecule has 142 heavy (non-hydrogen) atoms. The number of aliphatic carboxylic acids is 1. The second-order valence-corrected chi connectivity index (χ2v) is 30.7. The Hall–Kier alpha value is -3.64. The van der Waals surface area contributed by atoms with E-state index in [1.54, 1.807) is 0 Å². The molecule has 0 aromatic carbocycles. The van der Waals surface area contributed by atoms with Crippen molar-refractivity contribution in [1.29, 1.82) is 0 Å². The van der Waals surface area contributed by atoms with Crippen molar-refractivity contribution >= 4 is 23.7 Å². The van der Waals surface area contributed by atoms with Crippen LogP contribution in [0.5, 0.6) is 0 Å². The molecule has 0 heterocycles. The number of nitrogens with one attached hydrogen (secondary N) is 3. The highest BCUT2D eigenvalue weighted by Crippen LogP contribution is 2.13. The van der Waals surface area contributed by atoms with Gasteiger partial charge in [-0.15, -0.1) is 0 Å². The number of rotatable bonds is 131. The minimum atomic E-state index is -1.18. The standard InChI is InChI=1S/C96H190N4O42/c1-2-3-4-5-6-7-8-9-10-11-12-14-95(103)100-92(96(104)105)91-99-93(101)15-13-18-106-21-23-108-25-27-110-29-31-112-33-35-114-37-39-116-41-43-118-45-47-120-49-51-122-53-55-124-57-59-126-61-63-128-65-67-130-69-71-132-73-75-134-77-79-136-81-83-138-85-87-140-89-90-141-88-86-139-84-82-137-80-78-135-76-74-133-72-70-131-68-66-129-64-62-127-60-58-125-56-54-123-52-50-121-48-46-119-44-42-117-40-38-115-36-34-113-32-30-111-28-26-109-24-22-107-19-16-94(102)98-17-20-142-97/h92H,2-91,97H2,1H3,(H,98,102)(H,99,101)(H,100,103)(H,104,105)/t92-/m0/s1. The van der Waals surface area contributed by atoms with Crippen LogP contribution in [0.3, 0.4) is 0 Å². The average Bonchev–Trinajstić information content (AvgIpc) is 0.928. The SMILES string of the molecule is CCCCCCCCCCCCCC(=O)N[C@@H](CNC(=O)CCCOCCOCCOCCOCCOCCOCCOCCOCCOCCOCCOCCOCCOCCOCCOCCOCCOCCOCCOCCOCCOCCOCCOCCOCCOCCOCCOCCOCCOCCOCCOCCOCCOCCOCCOCCOCCC(=O)NCCON)C(=O)O. The van der Waals surface area contributed by atoms with Gasteiger partial charge in [-0.25, -0.2) is 10.7 Å². The van der Waals surface area contributed by atoms with E-state index >= 15 is 0 Å². The van der Waals surface area contributed by atoms with Gasteiger partial charge in [0.25, 0.3) is 0 Å². The van der Waals surface area contributed by atoms with Crippen molar-refractivity contribution in [2.24, 2.45) is 5.90 Å². The molecule has 0 aliphatic heterocycles. The molecule has 0 bridgehead atoms. The monoisotopic (exact) mass is 2070 g/mol. The minimum Gasteiger partial charge on any atom is -0.480 e. The summed E-state index contributed by atoms with van der Waals surface area (Å²) < 4.78 is 199. The molecule has 846 valence electrons. The Morgan fingerprint density at radius 3 is 0.514 bits per heavy atom. The van der Waals surface area contributed by atoms with Gasteiger partial charge in [0, 0.05) is 39.0 Å². The third-order valence-corrected chi connectivity index (χ3v) is 18.9. The molecule has 6 N–H and O–H groups in total. The first-order valence-corrected chi connectivity index (χ1v) is 51.6. The van der Waals surface area contributed by atoms with Gasteiger partial charge in [-0.05, 0) is 12.8 Å². The van der Waals surface area contributed by atoms with Crippen LogP contribution in [-0.2, 0) is 195 Å². The number of hydrogen-bond donors (Lipinski definition) is 5. The Morgan fingerprint density at radius 1 is 0.183 bits per heavy atom. The van der Waals surface area contributed by atoms with Crippen LogP contribution in [0.1, 0.15) is 103 Å². The molecule has 0 aliphatic rings. The van der Waals surface area contributed by atoms with E-state index in [0.717, 1.165) is 25.7 Å². The fourth-order valence-corrected chi connectivity index (χ4v) is 11.4. The van der Waals surface area contributed by atoms with Gasteiger partial charge in [0.1, 0.15) is 6.04 Å². The lowest BCUT2D eigenvalue weighted by molar-refractivity contribution is -0.141. The van der Waals surface area contributed by atoms with Crippen molar-refractivity contribution in [3.05, 3.63) is 0 Å². The maximum Gasteiger partial charge on any atom is 0.328 e. The molecule has 3 amide bonds. The summed E-state index contributed by atoms with van der Waals surface area (Å²) in [5.41, 5.74) is 0. The highest BCUT2D eigenvalue weighted by molar-refractivity contribution is 5.84. The van der Waals surface area contributed by atoms with Gasteiger partial charge >= 0.3 is 5.97 Å². The lowest BCUT2D eigenvalue weighted by Gasteiger charge is -2.15. The highest BCUT2D eigenvalue weighted by atomic mass is 16.6. The summed E-state index contributed by atoms with van der Waals surface area (Å²) >= 11 is 0. The van der Waals surface area contributed by atoms with Crippen LogP contribution in [0, 0.1) is 0 Å². The van der Waals surface area contributed by atoms with Crippen LogP contribution in [0.4, 0.5) is 0 Å². The van der Waals surface area contributed by atoms with E-state index in [1.165, 1.54) is 44.9 Å². The zero-order chi connectivity index (χ0) is 102. The molecule has 0 aromatic heterocycles. The summed E-state index contributed by atoms with van der Waals surface area (Å²) in [6.07, 6.45) is 14.1. The molecule has 0 saturated carbocycles. The Labute approximate surface area is 846 Å². The fraction of sp³-hybridized carbons (Fsp3) is 0.958. The molecule has 0 spiro atoms. The van der Waals surface area contributed by atoms with Crippen LogP contribution in [0.15, 0.2) is 0 Å². The van der Waals surface area contributed by atoms with Gasteiger partial charge in [0.2, 0.25) is 17.7 Å². The molecule has 0 fully saturated rings. The molecule has 46 nitrogen and oxygen atoms in total. The predicted molar refractivity (Wildman–Crippen MR) is 520 cm³/mol. The van der Waals surface area contributed by atoms with Crippen molar-refractivity contribution in [2.75, 3.05) is 495 Å². The summed E-state index contributed by atoms with van der Waals surface area (Å²) in [6.45, 7) is 35.5. The number of ether oxygens (including phenoxy) is 36. The third-order valence-electron chi connectivity index (χ3n) is 18.9. The van der Waals surface area contributed by atoms with Gasteiger partial charge in [0.05, 0.1) is 476 Å². The van der Waals surface area contributed by atoms with Crippen LogP contribution < -0.4 is 21.8 Å². The van der Waals surface area contributed by atoms with E-state index in [0.29, 0.717) is 489 Å². The normalized spacial score (nSPS) is 11.9. The van der Waals surface area contributed by atoms with Crippen LogP contribution >= 0.6 is 0 Å². The van der Waals surface area contributed by atoms with Gasteiger partial charge in [0.15, 0.2) is 0 Å². The van der Waals surface area contributed by atoms with E-state index in [4.69, 9.17) is 176 Å². The molecule has 0 aliphatic carbocycles. The largest absolute Gasteiger partial charge is 0.480 e. The first-order valence-electron chi connectivity index (χ1n) is 51.6. The van der Waals surface area contributed by atoms with E-state index < -0.39 is 12.0 Å². The van der Waals surface area contributed by atoms with E-state index in [2.05, 4.69) is 27.7 Å². The fourth-order valence-electron chi connectivity index (χ4n) is 11.4. The lowest BCUT2D eigenvalue weighted by Crippen LogP contribution is -2.48. The zero-order valence-electron chi connectivity index (χ0n) is 86.5. The smallest absolute Gasteiger partial charge is 0.328 e. The number of carbonyl (C=O) groups is 4. The van der Waals surface area contributed by atoms with Crippen molar-refractivity contribution in [1.82, 2.24) is 16.0 Å². The summed E-state index contributed by atoms with van der Waals surface area (Å²) in [7, 11) is 0. The zero-order valence-corrected chi connectivity index (χ0v) is 86.5. The molecule has 0 radical (unpaired) electrons. The number of amides is 3. The third kappa shape index (κ3) is 125. The molecule has 0 aromatic rings. The molecule has 0 unspecified atom stereocenters. The quantitative estimate of drug-likeness (QED) is 0.0431. The second-order valence-electron chi connectivity index (χ2n) is 30.7.